The fourth-order valence-electron chi connectivity index (χ4n) is 3.29. The highest BCUT2D eigenvalue weighted by molar-refractivity contribution is 7.91. The van der Waals surface area contributed by atoms with Crippen LogP contribution < -0.4 is 0 Å². The van der Waals surface area contributed by atoms with Crippen LogP contribution in [0, 0.1) is 6.92 Å². The number of carbonyl (C=O) groups excluding carboxylic acids is 1. The van der Waals surface area contributed by atoms with Gasteiger partial charge in [0.1, 0.15) is 13.2 Å². The van der Waals surface area contributed by atoms with E-state index in [1.54, 1.807) is 29.8 Å². The molecule has 2 aromatic heterocycles. The average Bonchev–Trinajstić information content (AvgIpc) is 3.39. The van der Waals surface area contributed by atoms with Crippen molar-refractivity contribution >= 4 is 27.1 Å². The Balaban J connectivity index is 1.87. The number of benzene rings is 1. The van der Waals surface area contributed by atoms with E-state index in [2.05, 4.69) is 5.10 Å². The molecule has 33 heavy (non-hydrogen) atoms. The molecule has 0 aliphatic heterocycles. The number of carbonyl (C=O) groups is 1. The summed E-state index contributed by atoms with van der Waals surface area (Å²) >= 11 is 1.48. The zero-order chi connectivity index (χ0) is 24.2. The summed E-state index contributed by atoms with van der Waals surface area (Å²) in [5.41, 5.74) is 2.71. The number of esters is 1. The summed E-state index contributed by atoms with van der Waals surface area (Å²) in [5, 5.41) is 14.0. The van der Waals surface area contributed by atoms with Crippen LogP contribution in [0.25, 0.3) is 21.0 Å². The summed E-state index contributed by atoms with van der Waals surface area (Å²) in [6.07, 6.45) is 0. The monoisotopic (exact) mass is 491 g/mol. The number of likely N-dealkylation sites (N-methyl/N-ethyl adjacent to an activating group) is 1. The molecule has 10 heteroatoms. The number of hydrogen-bond donors (Lipinski definition) is 1. The van der Waals surface area contributed by atoms with Crippen molar-refractivity contribution in [2.24, 2.45) is 0 Å². The maximum absolute atomic E-state index is 12.5. The van der Waals surface area contributed by atoms with Gasteiger partial charge in [-0.2, -0.15) is 5.10 Å². The van der Waals surface area contributed by atoms with Crippen LogP contribution >= 0.6 is 11.3 Å². The number of nitrogens with zero attached hydrogens (tertiary/aromatic N) is 3. The van der Waals surface area contributed by atoms with Gasteiger partial charge in [0, 0.05) is 11.4 Å². The van der Waals surface area contributed by atoms with E-state index in [1.807, 2.05) is 44.1 Å². The summed E-state index contributed by atoms with van der Waals surface area (Å²) in [4.78, 5) is 16.1. The lowest BCUT2D eigenvalue weighted by atomic mass is 10.1. The maximum atomic E-state index is 12.5. The van der Waals surface area contributed by atoms with Gasteiger partial charge in [0.2, 0.25) is 0 Å². The third-order valence-corrected chi connectivity index (χ3v) is 8.05. The molecule has 0 saturated heterocycles. The number of sulfone groups is 1. The van der Waals surface area contributed by atoms with Crippen molar-refractivity contribution in [1.29, 1.82) is 0 Å². The molecule has 0 unspecified atom stereocenters. The van der Waals surface area contributed by atoms with Gasteiger partial charge in [-0.15, -0.1) is 11.3 Å². The molecule has 0 aliphatic rings. The molecule has 0 spiro atoms. The summed E-state index contributed by atoms with van der Waals surface area (Å²) in [5.74, 6) is -0.394. The van der Waals surface area contributed by atoms with Crippen LogP contribution in [-0.2, 0) is 32.5 Å². The number of thiophene rings is 1. The Labute approximate surface area is 198 Å². The van der Waals surface area contributed by atoms with Crippen LogP contribution in [-0.4, -0.2) is 67.2 Å². The standard InChI is InChI=1S/C23H29N3O5S2/c1-5-33(29,30)22-13-17(6-7-18(22)15-27)20-8-9-21(32-20)19-12-16(2)24-26(19)14-23(28)31-11-10-25(3)4/h6-9,12-13,27H,5,10-11,14-15H2,1-4H3. The van der Waals surface area contributed by atoms with Gasteiger partial charge >= 0.3 is 5.97 Å². The van der Waals surface area contributed by atoms with E-state index in [0.717, 1.165) is 26.7 Å². The van der Waals surface area contributed by atoms with E-state index < -0.39 is 9.84 Å². The number of aromatic nitrogens is 2. The number of ether oxygens (including phenoxy) is 1. The Kier molecular flexibility index (Phi) is 8.06. The normalized spacial score (nSPS) is 11.8. The fourth-order valence-corrected chi connectivity index (χ4v) is 5.46. The van der Waals surface area contributed by atoms with Crippen molar-refractivity contribution in [3.63, 3.8) is 0 Å². The summed E-state index contributed by atoms with van der Waals surface area (Å²) in [6, 6.07) is 10.8. The van der Waals surface area contributed by atoms with Crippen molar-refractivity contribution in [3.8, 4) is 21.0 Å². The van der Waals surface area contributed by atoms with Crippen LogP contribution in [0.2, 0.25) is 0 Å². The van der Waals surface area contributed by atoms with Gasteiger partial charge in [-0.1, -0.05) is 19.1 Å². The highest BCUT2D eigenvalue weighted by Crippen LogP contribution is 2.36. The van der Waals surface area contributed by atoms with Gasteiger partial charge in [0.15, 0.2) is 9.84 Å². The zero-order valence-electron chi connectivity index (χ0n) is 19.2. The van der Waals surface area contributed by atoms with Gasteiger partial charge < -0.3 is 14.7 Å². The number of aryl methyl sites for hydroxylation is 1. The van der Waals surface area contributed by atoms with E-state index in [9.17, 15) is 18.3 Å². The molecule has 2 heterocycles. The number of rotatable bonds is 10. The molecular weight excluding hydrogens is 462 g/mol. The minimum Gasteiger partial charge on any atom is -0.463 e. The average molecular weight is 492 g/mol. The summed E-state index contributed by atoms with van der Waals surface area (Å²) in [7, 11) is 0.353. The Morgan fingerprint density at radius 3 is 2.58 bits per heavy atom. The Morgan fingerprint density at radius 2 is 1.91 bits per heavy atom. The second kappa shape index (κ2) is 10.6. The predicted molar refractivity (Wildman–Crippen MR) is 129 cm³/mol. The molecule has 1 aromatic carbocycles. The molecule has 0 bridgehead atoms. The Hall–Kier alpha value is -2.53. The quantitative estimate of drug-likeness (QED) is 0.435. The maximum Gasteiger partial charge on any atom is 0.327 e. The number of aliphatic hydroxyl groups is 1. The highest BCUT2D eigenvalue weighted by Gasteiger charge is 2.19. The van der Waals surface area contributed by atoms with Gasteiger partial charge in [-0.3, -0.25) is 9.48 Å². The molecule has 1 N–H and O–H groups in total. The summed E-state index contributed by atoms with van der Waals surface area (Å²) in [6.45, 7) is 4.08. The highest BCUT2D eigenvalue weighted by atomic mass is 32.2. The molecule has 0 aliphatic carbocycles. The molecule has 0 amide bonds. The SMILES string of the molecule is CCS(=O)(=O)c1cc(-c2ccc(-c3cc(C)nn3CC(=O)OCCN(C)C)s2)ccc1CO. The number of hydrogen-bond acceptors (Lipinski definition) is 8. The van der Waals surface area contributed by atoms with Gasteiger partial charge in [-0.05, 0) is 56.4 Å². The topological polar surface area (TPSA) is 102 Å². The fraction of sp³-hybridized carbons (Fsp3) is 0.391. The van der Waals surface area contributed by atoms with Crippen LogP contribution in [0.5, 0.6) is 0 Å². The van der Waals surface area contributed by atoms with Gasteiger partial charge in [-0.25, -0.2) is 8.42 Å². The molecule has 0 radical (unpaired) electrons. The van der Waals surface area contributed by atoms with Crippen molar-refractivity contribution in [2.75, 3.05) is 33.0 Å². The van der Waals surface area contributed by atoms with Crippen LogP contribution in [0.1, 0.15) is 18.2 Å². The van der Waals surface area contributed by atoms with E-state index >= 15 is 0 Å². The predicted octanol–water partition coefficient (Wildman–Crippen LogP) is 2.98. The van der Waals surface area contributed by atoms with E-state index in [4.69, 9.17) is 4.74 Å². The van der Waals surface area contributed by atoms with Gasteiger partial charge in [0.25, 0.3) is 0 Å². The first-order chi connectivity index (χ1) is 15.6. The molecule has 3 rings (SSSR count). The zero-order valence-corrected chi connectivity index (χ0v) is 20.9. The van der Waals surface area contributed by atoms with Crippen LogP contribution in [0.15, 0.2) is 41.3 Å². The smallest absolute Gasteiger partial charge is 0.327 e. The van der Waals surface area contributed by atoms with E-state index in [0.29, 0.717) is 18.7 Å². The third-order valence-electron chi connectivity index (χ3n) is 5.08. The van der Waals surface area contributed by atoms with E-state index in [-0.39, 0.29) is 29.8 Å². The second-order valence-electron chi connectivity index (χ2n) is 7.90. The first-order valence-corrected chi connectivity index (χ1v) is 13.0. The lowest BCUT2D eigenvalue weighted by Gasteiger charge is -2.11. The van der Waals surface area contributed by atoms with Crippen molar-refractivity contribution in [2.45, 2.75) is 31.9 Å². The molecule has 8 nitrogen and oxygen atoms in total. The first-order valence-electron chi connectivity index (χ1n) is 10.6. The van der Waals surface area contributed by atoms with Gasteiger partial charge in [0.05, 0.1) is 33.5 Å². The van der Waals surface area contributed by atoms with Crippen molar-refractivity contribution in [1.82, 2.24) is 14.7 Å². The van der Waals surface area contributed by atoms with Crippen molar-refractivity contribution < 1.29 is 23.1 Å². The van der Waals surface area contributed by atoms with Crippen LogP contribution in [0.3, 0.4) is 0 Å². The molecule has 178 valence electrons. The Morgan fingerprint density at radius 1 is 1.18 bits per heavy atom. The molecule has 0 fully saturated rings. The number of aliphatic hydroxyl groups excluding tert-OH is 1. The third kappa shape index (κ3) is 6.08. The molecule has 3 aromatic rings. The first kappa shape index (κ1) is 25.1. The summed E-state index contributed by atoms with van der Waals surface area (Å²) < 4.78 is 31.9. The van der Waals surface area contributed by atoms with E-state index in [1.165, 1.54) is 11.3 Å². The molecule has 0 saturated carbocycles. The van der Waals surface area contributed by atoms with Crippen molar-refractivity contribution in [3.05, 3.63) is 47.7 Å². The molecular formula is C23H29N3O5S2. The Bertz CT molecular complexity index is 1230. The minimum absolute atomic E-state index is 0.00786. The molecule has 0 atom stereocenters. The minimum atomic E-state index is -3.47. The second-order valence-corrected chi connectivity index (χ2v) is 11.2. The largest absolute Gasteiger partial charge is 0.463 e. The van der Waals surface area contributed by atoms with Crippen LogP contribution in [0.4, 0.5) is 0 Å². The lowest BCUT2D eigenvalue weighted by molar-refractivity contribution is -0.144. The lowest BCUT2D eigenvalue weighted by Crippen LogP contribution is -2.22.